The SMILES string of the molecule is O=C(CCc1ccc2c(c1)OCCCO2)NCc1ccccc1COCc1ccccc1. The van der Waals surface area contributed by atoms with Crippen molar-refractivity contribution < 1.29 is 19.0 Å². The average molecular weight is 432 g/mol. The van der Waals surface area contributed by atoms with Gasteiger partial charge in [-0.2, -0.15) is 0 Å². The summed E-state index contributed by atoms with van der Waals surface area (Å²) in [5.74, 6) is 1.57. The third-order valence-corrected chi connectivity index (χ3v) is 5.42. The second kappa shape index (κ2) is 11.3. The number of hydrogen-bond acceptors (Lipinski definition) is 4. The predicted octanol–water partition coefficient (Wildman–Crippen LogP) is 4.81. The molecular formula is C27H29NO4. The summed E-state index contributed by atoms with van der Waals surface area (Å²) in [5.41, 5.74) is 4.38. The summed E-state index contributed by atoms with van der Waals surface area (Å²) in [6, 6.07) is 24.1. The maximum atomic E-state index is 12.4. The molecule has 0 aliphatic carbocycles. The Bertz CT molecular complexity index is 1020. The zero-order valence-electron chi connectivity index (χ0n) is 18.2. The lowest BCUT2D eigenvalue weighted by Gasteiger charge is -2.12. The van der Waals surface area contributed by atoms with Crippen LogP contribution in [-0.4, -0.2) is 19.1 Å². The molecule has 0 aromatic heterocycles. The van der Waals surface area contributed by atoms with E-state index in [9.17, 15) is 4.79 Å². The molecule has 4 rings (SSSR count). The van der Waals surface area contributed by atoms with Crippen LogP contribution in [0.2, 0.25) is 0 Å². The van der Waals surface area contributed by atoms with Gasteiger partial charge >= 0.3 is 0 Å². The Balaban J connectivity index is 1.25. The van der Waals surface area contributed by atoms with E-state index in [4.69, 9.17) is 14.2 Å². The molecular weight excluding hydrogens is 402 g/mol. The predicted molar refractivity (Wildman–Crippen MR) is 124 cm³/mol. The number of carbonyl (C=O) groups is 1. The van der Waals surface area contributed by atoms with Gasteiger partial charge in [-0.1, -0.05) is 60.7 Å². The van der Waals surface area contributed by atoms with Gasteiger partial charge in [0.2, 0.25) is 5.91 Å². The van der Waals surface area contributed by atoms with Crippen LogP contribution in [0.5, 0.6) is 11.5 Å². The van der Waals surface area contributed by atoms with Crippen LogP contribution in [0.25, 0.3) is 0 Å². The molecule has 166 valence electrons. The second-order valence-electron chi connectivity index (χ2n) is 7.86. The lowest BCUT2D eigenvalue weighted by Crippen LogP contribution is -2.23. The standard InChI is InChI=1S/C27H29NO4/c29-27(14-12-21-11-13-25-26(17-21)32-16-6-15-31-25)28-18-23-9-4-5-10-24(23)20-30-19-22-7-2-1-3-8-22/h1-5,7-11,13,17H,6,12,14-16,18-20H2,(H,28,29). The van der Waals surface area contributed by atoms with Crippen molar-refractivity contribution in [1.29, 1.82) is 0 Å². The van der Waals surface area contributed by atoms with Gasteiger partial charge in [-0.05, 0) is 40.8 Å². The minimum absolute atomic E-state index is 0.0251. The van der Waals surface area contributed by atoms with Gasteiger partial charge in [0.15, 0.2) is 11.5 Å². The molecule has 1 aliphatic heterocycles. The first-order chi connectivity index (χ1) is 15.8. The smallest absolute Gasteiger partial charge is 0.220 e. The molecule has 1 heterocycles. The third-order valence-electron chi connectivity index (χ3n) is 5.42. The number of nitrogens with one attached hydrogen (secondary N) is 1. The van der Waals surface area contributed by atoms with Gasteiger partial charge in [0.25, 0.3) is 0 Å². The lowest BCUT2D eigenvalue weighted by atomic mass is 10.1. The Morgan fingerprint density at radius 3 is 2.41 bits per heavy atom. The van der Waals surface area contributed by atoms with Crippen molar-refractivity contribution in [2.45, 2.75) is 39.0 Å². The molecule has 0 saturated heterocycles. The van der Waals surface area contributed by atoms with Gasteiger partial charge < -0.3 is 19.5 Å². The highest BCUT2D eigenvalue weighted by Crippen LogP contribution is 2.30. The minimum Gasteiger partial charge on any atom is -0.490 e. The number of fused-ring (bicyclic) bond motifs is 1. The average Bonchev–Trinajstić information content (AvgIpc) is 3.08. The molecule has 0 bridgehead atoms. The van der Waals surface area contributed by atoms with Crippen LogP contribution in [0.15, 0.2) is 72.8 Å². The van der Waals surface area contributed by atoms with Gasteiger partial charge in [0.1, 0.15) is 0 Å². The first-order valence-electron chi connectivity index (χ1n) is 11.1. The van der Waals surface area contributed by atoms with Crippen LogP contribution < -0.4 is 14.8 Å². The first-order valence-corrected chi connectivity index (χ1v) is 11.1. The van der Waals surface area contributed by atoms with Gasteiger partial charge in [-0.25, -0.2) is 0 Å². The van der Waals surface area contributed by atoms with Crippen LogP contribution in [0.4, 0.5) is 0 Å². The van der Waals surface area contributed by atoms with Gasteiger partial charge in [-0.15, -0.1) is 0 Å². The van der Waals surface area contributed by atoms with E-state index in [1.54, 1.807) is 0 Å². The molecule has 32 heavy (non-hydrogen) atoms. The van der Waals surface area contributed by atoms with Gasteiger partial charge in [0.05, 0.1) is 26.4 Å². The highest BCUT2D eigenvalue weighted by molar-refractivity contribution is 5.76. The van der Waals surface area contributed by atoms with Gasteiger partial charge in [-0.3, -0.25) is 4.79 Å². The molecule has 0 saturated carbocycles. The van der Waals surface area contributed by atoms with E-state index in [1.165, 1.54) is 0 Å². The summed E-state index contributed by atoms with van der Waals surface area (Å²) in [5, 5.41) is 3.04. The largest absolute Gasteiger partial charge is 0.490 e. The van der Waals surface area contributed by atoms with Crippen LogP contribution in [0, 0.1) is 0 Å². The van der Waals surface area contributed by atoms with E-state index in [-0.39, 0.29) is 5.91 Å². The summed E-state index contributed by atoms with van der Waals surface area (Å²) >= 11 is 0. The third kappa shape index (κ3) is 6.34. The van der Waals surface area contributed by atoms with Crippen LogP contribution in [-0.2, 0) is 35.7 Å². The van der Waals surface area contributed by atoms with Gasteiger partial charge in [0, 0.05) is 19.4 Å². The molecule has 0 atom stereocenters. The molecule has 3 aromatic rings. The fourth-order valence-electron chi connectivity index (χ4n) is 3.63. The molecule has 3 aromatic carbocycles. The Hall–Kier alpha value is -3.31. The zero-order chi connectivity index (χ0) is 22.0. The molecule has 1 amide bonds. The molecule has 5 nitrogen and oxygen atoms in total. The Labute approximate surface area is 189 Å². The number of benzene rings is 3. The number of carbonyl (C=O) groups excluding carboxylic acids is 1. The number of aryl methyl sites for hydroxylation is 1. The van der Waals surface area contributed by atoms with E-state index in [0.29, 0.717) is 45.8 Å². The van der Waals surface area contributed by atoms with Crippen molar-refractivity contribution in [3.05, 3.63) is 95.1 Å². The Kier molecular flexibility index (Phi) is 7.77. The summed E-state index contributed by atoms with van der Waals surface area (Å²) in [7, 11) is 0. The van der Waals surface area contributed by atoms with Crippen molar-refractivity contribution in [2.24, 2.45) is 0 Å². The molecule has 5 heteroatoms. The lowest BCUT2D eigenvalue weighted by molar-refractivity contribution is -0.121. The number of hydrogen-bond donors (Lipinski definition) is 1. The summed E-state index contributed by atoms with van der Waals surface area (Å²) < 4.78 is 17.3. The van der Waals surface area contributed by atoms with Crippen molar-refractivity contribution >= 4 is 5.91 Å². The molecule has 1 N–H and O–H groups in total. The number of ether oxygens (including phenoxy) is 3. The summed E-state index contributed by atoms with van der Waals surface area (Å²) in [4.78, 5) is 12.4. The van der Waals surface area contributed by atoms with E-state index < -0.39 is 0 Å². The maximum absolute atomic E-state index is 12.4. The fourth-order valence-corrected chi connectivity index (χ4v) is 3.63. The van der Waals surface area contributed by atoms with Crippen LogP contribution in [0.1, 0.15) is 35.1 Å². The van der Waals surface area contributed by atoms with E-state index >= 15 is 0 Å². The number of amides is 1. The van der Waals surface area contributed by atoms with Crippen molar-refractivity contribution in [3.63, 3.8) is 0 Å². The quantitative estimate of drug-likeness (QED) is 0.528. The monoisotopic (exact) mass is 431 g/mol. The van der Waals surface area contributed by atoms with E-state index in [0.717, 1.165) is 40.2 Å². The first kappa shape index (κ1) is 21.9. The van der Waals surface area contributed by atoms with Crippen molar-refractivity contribution in [3.8, 4) is 11.5 Å². The fraction of sp³-hybridized carbons (Fsp3) is 0.296. The topological polar surface area (TPSA) is 56.8 Å². The Morgan fingerprint density at radius 2 is 1.56 bits per heavy atom. The molecule has 1 aliphatic rings. The van der Waals surface area contributed by atoms with E-state index in [1.807, 2.05) is 60.7 Å². The molecule has 0 fully saturated rings. The van der Waals surface area contributed by atoms with Crippen LogP contribution in [0.3, 0.4) is 0 Å². The highest BCUT2D eigenvalue weighted by atomic mass is 16.5. The minimum atomic E-state index is 0.0251. The number of rotatable bonds is 9. The Morgan fingerprint density at radius 1 is 0.812 bits per heavy atom. The van der Waals surface area contributed by atoms with Crippen molar-refractivity contribution in [2.75, 3.05) is 13.2 Å². The molecule has 0 unspecified atom stereocenters. The summed E-state index contributed by atoms with van der Waals surface area (Å²) in [6.45, 7) is 2.90. The highest BCUT2D eigenvalue weighted by Gasteiger charge is 2.12. The summed E-state index contributed by atoms with van der Waals surface area (Å²) in [6.07, 6.45) is 1.96. The molecule has 0 radical (unpaired) electrons. The zero-order valence-corrected chi connectivity index (χ0v) is 18.2. The normalized spacial score (nSPS) is 12.8. The van der Waals surface area contributed by atoms with E-state index in [2.05, 4.69) is 17.4 Å². The molecule has 0 spiro atoms. The maximum Gasteiger partial charge on any atom is 0.220 e. The van der Waals surface area contributed by atoms with Crippen LogP contribution >= 0.6 is 0 Å². The second-order valence-corrected chi connectivity index (χ2v) is 7.86. The van der Waals surface area contributed by atoms with Crippen molar-refractivity contribution in [1.82, 2.24) is 5.32 Å².